The molecule has 23 heavy (non-hydrogen) atoms. The normalized spacial score (nSPS) is 13.0. The molecular formula is C21H43NO. The lowest BCUT2D eigenvalue weighted by molar-refractivity contribution is 0.191. The lowest BCUT2D eigenvalue weighted by Crippen LogP contribution is -2.25. The van der Waals surface area contributed by atoms with Crippen LogP contribution in [0, 0.1) is 0 Å². The Morgan fingerprint density at radius 3 is 1.74 bits per heavy atom. The number of allylic oxidation sites excluding steroid dienone is 2. The predicted molar refractivity (Wildman–Crippen MR) is 104 cm³/mol. The summed E-state index contributed by atoms with van der Waals surface area (Å²) in [7, 11) is 0. The molecule has 2 N–H and O–H groups in total. The van der Waals surface area contributed by atoms with E-state index in [0.717, 1.165) is 13.1 Å². The highest BCUT2D eigenvalue weighted by Crippen LogP contribution is 2.09. The number of rotatable bonds is 18. The van der Waals surface area contributed by atoms with Gasteiger partial charge in [0.1, 0.15) is 0 Å². The molecule has 2 heteroatoms. The second-order valence-corrected chi connectivity index (χ2v) is 6.99. The average Bonchev–Trinajstić information content (AvgIpc) is 2.53. The molecule has 0 aromatic heterocycles. The molecule has 0 aromatic rings. The van der Waals surface area contributed by atoms with E-state index < -0.39 is 0 Å². The lowest BCUT2D eigenvalue weighted by atomic mass is 10.1. The molecule has 2 nitrogen and oxygen atoms in total. The fraction of sp³-hybridized carbons (Fsp3) is 0.905. The van der Waals surface area contributed by atoms with Crippen LogP contribution in [0.25, 0.3) is 0 Å². The summed E-state index contributed by atoms with van der Waals surface area (Å²) in [6.07, 6.45) is 23.6. The largest absolute Gasteiger partial charge is 0.392 e. The summed E-state index contributed by atoms with van der Waals surface area (Å²) in [5.74, 6) is 0. The van der Waals surface area contributed by atoms with Gasteiger partial charge in [-0.15, -0.1) is 0 Å². The molecular weight excluding hydrogens is 282 g/mol. The van der Waals surface area contributed by atoms with Crippen LogP contribution < -0.4 is 5.32 Å². The molecule has 0 radical (unpaired) electrons. The average molecular weight is 326 g/mol. The van der Waals surface area contributed by atoms with Crippen molar-refractivity contribution in [1.82, 2.24) is 5.32 Å². The lowest BCUT2D eigenvalue weighted by Gasteiger charge is -2.06. The van der Waals surface area contributed by atoms with Crippen molar-refractivity contribution in [3.63, 3.8) is 0 Å². The van der Waals surface area contributed by atoms with E-state index >= 15 is 0 Å². The van der Waals surface area contributed by atoms with E-state index in [1.807, 2.05) is 6.92 Å². The van der Waals surface area contributed by atoms with Crippen molar-refractivity contribution in [3.8, 4) is 0 Å². The Hall–Kier alpha value is -0.340. The Morgan fingerprint density at radius 2 is 1.22 bits per heavy atom. The van der Waals surface area contributed by atoms with Gasteiger partial charge in [0.2, 0.25) is 0 Å². The first-order valence-electron chi connectivity index (χ1n) is 10.3. The number of aliphatic hydroxyl groups excluding tert-OH is 1. The van der Waals surface area contributed by atoms with Gasteiger partial charge in [-0.2, -0.15) is 0 Å². The molecule has 0 aliphatic heterocycles. The van der Waals surface area contributed by atoms with Crippen molar-refractivity contribution in [1.29, 1.82) is 0 Å². The Balaban J connectivity index is 3.05. The van der Waals surface area contributed by atoms with E-state index in [4.69, 9.17) is 5.11 Å². The molecule has 1 atom stereocenters. The summed E-state index contributed by atoms with van der Waals surface area (Å²) in [6.45, 7) is 5.88. The van der Waals surface area contributed by atoms with Gasteiger partial charge in [0.25, 0.3) is 0 Å². The summed E-state index contributed by atoms with van der Waals surface area (Å²) in [5.41, 5.74) is 0. The van der Waals surface area contributed by atoms with E-state index in [2.05, 4.69) is 24.4 Å². The van der Waals surface area contributed by atoms with Gasteiger partial charge in [0, 0.05) is 6.54 Å². The van der Waals surface area contributed by atoms with Crippen LogP contribution in [0.3, 0.4) is 0 Å². The molecule has 0 saturated heterocycles. The molecule has 1 unspecified atom stereocenters. The van der Waals surface area contributed by atoms with Gasteiger partial charge in [-0.05, 0) is 45.6 Å². The molecule has 0 aliphatic rings. The zero-order chi connectivity index (χ0) is 17.0. The van der Waals surface area contributed by atoms with Crippen LogP contribution >= 0.6 is 0 Å². The molecule has 0 rings (SSSR count). The van der Waals surface area contributed by atoms with Crippen molar-refractivity contribution in [2.45, 2.75) is 110 Å². The van der Waals surface area contributed by atoms with Crippen LogP contribution in [0.5, 0.6) is 0 Å². The first-order chi connectivity index (χ1) is 11.3. The highest BCUT2D eigenvalue weighted by Gasteiger charge is 1.94. The second-order valence-electron chi connectivity index (χ2n) is 6.99. The topological polar surface area (TPSA) is 32.3 Å². The summed E-state index contributed by atoms with van der Waals surface area (Å²) < 4.78 is 0. The van der Waals surface area contributed by atoms with E-state index in [0.29, 0.717) is 0 Å². The zero-order valence-corrected chi connectivity index (χ0v) is 16.0. The van der Waals surface area contributed by atoms with Crippen LogP contribution in [0.4, 0.5) is 0 Å². The Labute approximate surface area is 146 Å². The van der Waals surface area contributed by atoms with Crippen molar-refractivity contribution >= 4 is 0 Å². The third-order valence-electron chi connectivity index (χ3n) is 4.31. The fourth-order valence-corrected chi connectivity index (χ4v) is 2.81. The Bertz CT molecular complexity index is 238. The summed E-state index contributed by atoms with van der Waals surface area (Å²) in [4.78, 5) is 0. The predicted octanol–water partition coefficient (Wildman–Crippen LogP) is 5.99. The quantitative estimate of drug-likeness (QED) is 0.239. The Morgan fingerprint density at radius 1 is 0.739 bits per heavy atom. The summed E-state index contributed by atoms with van der Waals surface area (Å²) >= 11 is 0. The van der Waals surface area contributed by atoms with Crippen LogP contribution in [0.1, 0.15) is 104 Å². The fourth-order valence-electron chi connectivity index (χ4n) is 2.81. The number of aliphatic hydroxyl groups is 1. The number of hydrogen-bond donors (Lipinski definition) is 2. The molecule has 0 bridgehead atoms. The third kappa shape index (κ3) is 21.7. The molecule has 0 amide bonds. The summed E-state index contributed by atoms with van der Waals surface area (Å²) in [5, 5.41) is 12.4. The maximum Gasteiger partial charge on any atom is 0.0636 e. The van der Waals surface area contributed by atoms with E-state index in [1.54, 1.807) is 0 Å². The van der Waals surface area contributed by atoms with Gasteiger partial charge >= 0.3 is 0 Å². The minimum absolute atomic E-state index is 0.218. The van der Waals surface area contributed by atoms with Gasteiger partial charge in [-0.3, -0.25) is 0 Å². The zero-order valence-electron chi connectivity index (χ0n) is 16.0. The molecule has 0 fully saturated rings. The number of nitrogens with one attached hydrogen (secondary N) is 1. The number of unbranched alkanes of at least 4 members (excludes halogenated alkanes) is 12. The number of hydrogen-bond acceptors (Lipinski definition) is 2. The Kier molecular flexibility index (Phi) is 19.4. The molecule has 0 saturated carbocycles. The highest BCUT2D eigenvalue weighted by molar-refractivity contribution is 4.81. The minimum atomic E-state index is -0.218. The van der Waals surface area contributed by atoms with Crippen LogP contribution in [0.15, 0.2) is 12.2 Å². The minimum Gasteiger partial charge on any atom is -0.392 e. The third-order valence-corrected chi connectivity index (χ3v) is 4.31. The molecule has 0 heterocycles. The monoisotopic (exact) mass is 325 g/mol. The van der Waals surface area contributed by atoms with E-state index in [-0.39, 0.29) is 6.10 Å². The van der Waals surface area contributed by atoms with Crippen LogP contribution in [-0.4, -0.2) is 24.3 Å². The van der Waals surface area contributed by atoms with E-state index in [1.165, 1.54) is 89.9 Å². The summed E-state index contributed by atoms with van der Waals surface area (Å²) in [6, 6.07) is 0. The first-order valence-corrected chi connectivity index (χ1v) is 10.3. The van der Waals surface area contributed by atoms with Crippen molar-refractivity contribution in [2.24, 2.45) is 0 Å². The highest BCUT2D eigenvalue weighted by atomic mass is 16.3. The van der Waals surface area contributed by atoms with Crippen LogP contribution in [-0.2, 0) is 0 Å². The first kappa shape index (κ1) is 22.7. The smallest absolute Gasteiger partial charge is 0.0636 e. The molecule has 0 aliphatic carbocycles. The van der Waals surface area contributed by atoms with Gasteiger partial charge in [0.15, 0.2) is 0 Å². The standard InChI is InChI=1S/C21H43NO/c1-3-4-5-6-7-8-9-10-11-12-13-14-15-16-17-18-19-22-20-21(2)23/h10-11,21-23H,3-9,12-20H2,1-2H3/b11-10+. The van der Waals surface area contributed by atoms with Gasteiger partial charge in [-0.25, -0.2) is 0 Å². The molecule has 0 spiro atoms. The van der Waals surface area contributed by atoms with E-state index in [9.17, 15) is 0 Å². The maximum atomic E-state index is 9.12. The van der Waals surface area contributed by atoms with Gasteiger partial charge in [0.05, 0.1) is 6.10 Å². The molecule has 138 valence electrons. The maximum absolute atomic E-state index is 9.12. The van der Waals surface area contributed by atoms with Crippen LogP contribution in [0.2, 0.25) is 0 Å². The van der Waals surface area contributed by atoms with Crippen molar-refractivity contribution in [2.75, 3.05) is 13.1 Å². The van der Waals surface area contributed by atoms with Gasteiger partial charge in [-0.1, -0.05) is 76.9 Å². The SMILES string of the molecule is CCCCCCCC/C=C/CCCCCCCCNCC(C)O. The van der Waals surface area contributed by atoms with Crippen molar-refractivity contribution < 1.29 is 5.11 Å². The molecule has 0 aromatic carbocycles. The van der Waals surface area contributed by atoms with Gasteiger partial charge < -0.3 is 10.4 Å². The van der Waals surface area contributed by atoms with Crippen molar-refractivity contribution in [3.05, 3.63) is 12.2 Å². The second kappa shape index (κ2) is 19.7.